The Morgan fingerprint density at radius 2 is 1.63 bits per heavy atom. The molecule has 4 rings (SSSR count). The van der Waals surface area contributed by atoms with Crippen LogP contribution >= 0.6 is 0 Å². The lowest BCUT2D eigenvalue weighted by Crippen LogP contribution is -2.57. The zero-order valence-corrected chi connectivity index (χ0v) is 15.7. The summed E-state index contributed by atoms with van der Waals surface area (Å²) in [6.45, 7) is 4.69. The maximum Gasteiger partial charge on any atom is 0.253 e. The van der Waals surface area contributed by atoms with Gasteiger partial charge in [0.15, 0.2) is 0 Å². The molecule has 2 aliphatic rings. The third kappa shape index (κ3) is 3.47. The molecule has 1 fully saturated rings. The quantitative estimate of drug-likeness (QED) is 0.842. The van der Waals surface area contributed by atoms with Gasteiger partial charge in [-0.2, -0.15) is 0 Å². The highest BCUT2D eigenvalue weighted by Crippen LogP contribution is 2.29. The highest BCUT2D eigenvalue weighted by molar-refractivity contribution is 5.96. The van der Waals surface area contributed by atoms with Crippen LogP contribution in [0.25, 0.3) is 0 Å². The molecule has 2 aromatic rings. The number of amides is 2. The molecule has 0 aliphatic carbocycles. The van der Waals surface area contributed by atoms with Crippen LogP contribution in [-0.4, -0.2) is 47.9 Å². The molecule has 2 heterocycles. The lowest BCUT2D eigenvalue weighted by Gasteiger charge is -2.43. The van der Waals surface area contributed by atoms with E-state index in [1.165, 1.54) is 11.1 Å². The van der Waals surface area contributed by atoms with Crippen LogP contribution in [0, 0.1) is 0 Å². The summed E-state index contributed by atoms with van der Waals surface area (Å²) in [4.78, 5) is 27.2. The molecule has 0 radical (unpaired) electrons. The van der Waals surface area contributed by atoms with Crippen LogP contribution in [0.5, 0.6) is 0 Å². The monoisotopic (exact) mass is 363 g/mol. The first kappa shape index (κ1) is 17.7. The number of carbonyl (C=O) groups is 2. The van der Waals surface area contributed by atoms with E-state index in [-0.39, 0.29) is 11.8 Å². The van der Waals surface area contributed by atoms with Crippen molar-refractivity contribution in [1.29, 1.82) is 0 Å². The molecule has 0 N–H and O–H groups in total. The SMILES string of the molecule is CCc1ccc(C(=O)N2CCN(N3C(=O)CCc4ccccc43)CC2)cc1. The van der Waals surface area contributed by atoms with Crippen molar-refractivity contribution in [2.75, 3.05) is 31.2 Å². The number of hydrazine groups is 1. The van der Waals surface area contributed by atoms with E-state index in [2.05, 4.69) is 18.0 Å². The number of aryl methyl sites for hydroxylation is 2. The summed E-state index contributed by atoms with van der Waals surface area (Å²) < 4.78 is 0. The first-order valence-electron chi connectivity index (χ1n) is 9.71. The number of fused-ring (bicyclic) bond motifs is 1. The molecule has 27 heavy (non-hydrogen) atoms. The number of para-hydroxylation sites is 1. The van der Waals surface area contributed by atoms with Gasteiger partial charge in [-0.3, -0.25) is 9.59 Å². The fraction of sp³-hybridized carbons (Fsp3) is 0.364. The second-order valence-corrected chi connectivity index (χ2v) is 7.13. The van der Waals surface area contributed by atoms with Gasteiger partial charge in [-0.25, -0.2) is 10.0 Å². The molecule has 2 aromatic carbocycles. The molecule has 0 bridgehead atoms. The summed E-state index contributed by atoms with van der Waals surface area (Å²) in [6.07, 6.45) is 2.32. The zero-order valence-electron chi connectivity index (χ0n) is 15.7. The van der Waals surface area contributed by atoms with E-state index in [1.54, 1.807) is 0 Å². The predicted molar refractivity (Wildman–Crippen MR) is 106 cm³/mol. The molecule has 0 saturated carbocycles. The van der Waals surface area contributed by atoms with Crippen molar-refractivity contribution in [3.63, 3.8) is 0 Å². The Morgan fingerprint density at radius 1 is 0.926 bits per heavy atom. The number of hydrogen-bond acceptors (Lipinski definition) is 3. The van der Waals surface area contributed by atoms with Crippen LogP contribution in [0.4, 0.5) is 5.69 Å². The fourth-order valence-electron chi connectivity index (χ4n) is 3.89. The lowest BCUT2D eigenvalue weighted by atomic mass is 10.0. The molecule has 5 nitrogen and oxygen atoms in total. The van der Waals surface area contributed by atoms with E-state index >= 15 is 0 Å². The van der Waals surface area contributed by atoms with E-state index in [9.17, 15) is 9.59 Å². The molecule has 1 saturated heterocycles. The molecule has 0 aromatic heterocycles. The van der Waals surface area contributed by atoms with Gasteiger partial charge in [0.2, 0.25) is 5.91 Å². The number of carbonyl (C=O) groups excluding carboxylic acids is 2. The van der Waals surface area contributed by atoms with E-state index < -0.39 is 0 Å². The number of nitrogens with zero attached hydrogens (tertiary/aromatic N) is 3. The van der Waals surface area contributed by atoms with Gasteiger partial charge < -0.3 is 4.90 Å². The Labute approximate surface area is 160 Å². The fourth-order valence-corrected chi connectivity index (χ4v) is 3.89. The van der Waals surface area contributed by atoms with Gasteiger partial charge in [0.25, 0.3) is 5.91 Å². The number of piperazine rings is 1. The van der Waals surface area contributed by atoms with Gasteiger partial charge in [0, 0.05) is 38.2 Å². The van der Waals surface area contributed by atoms with Gasteiger partial charge in [-0.05, 0) is 42.2 Å². The van der Waals surface area contributed by atoms with E-state index in [0.717, 1.165) is 24.1 Å². The topological polar surface area (TPSA) is 43.9 Å². The second-order valence-electron chi connectivity index (χ2n) is 7.13. The number of rotatable bonds is 3. The predicted octanol–water partition coefficient (Wildman–Crippen LogP) is 2.90. The summed E-state index contributed by atoms with van der Waals surface area (Å²) in [5.74, 6) is 0.214. The summed E-state index contributed by atoms with van der Waals surface area (Å²) >= 11 is 0. The zero-order chi connectivity index (χ0) is 18.8. The molecule has 2 amide bonds. The Hall–Kier alpha value is -2.66. The summed E-state index contributed by atoms with van der Waals surface area (Å²) in [7, 11) is 0. The van der Waals surface area contributed by atoms with Crippen molar-refractivity contribution in [3.05, 3.63) is 65.2 Å². The van der Waals surface area contributed by atoms with Crippen LogP contribution in [0.15, 0.2) is 48.5 Å². The lowest BCUT2D eigenvalue weighted by molar-refractivity contribution is -0.122. The summed E-state index contributed by atoms with van der Waals surface area (Å²) in [5, 5.41) is 3.92. The van der Waals surface area contributed by atoms with Crippen molar-refractivity contribution < 1.29 is 9.59 Å². The van der Waals surface area contributed by atoms with Crippen LogP contribution in [-0.2, 0) is 17.6 Å². The van der Waals surface area contributed by atoms with Crippen molar-refractivity contribution >= 4 is 17.5 Å². The first-order valence-corrected chi connectivity index (χ1v) is 9.71. The Kier molecular flexibility index (Phi) is 4.94. The first-order chi connectivity index (χ1) is 13.2. The molecule has 2 aliphatic heterocycles. The van der Waals surface area contributed by atoms with Gasteiger partial charge in [-0.15, -0.1) is 0 Å². The van der Waals surface area contributed by atoms with Crippen molar-refractivity contribution in [2.24, 2.45) is 0 Å². The minimum absolute atomic E-state index is 0.0719. The summed E-state index contributed by atoms with van der Waals surface area (Å²) in [5.41, 5.74) is 4.17. The Morgan fingerprint density at radius 3 is 2.33 bits per heavy atom. The minimum atomic E-state index is 0.0719. The third-order valence-corrected chi connectivity index (χ3v) is 5.50. The maximum absolute atomic E-state index is 12.8. The molecule has 0 unspecified atom stereocenters. The highest BCUT2D eigenvalue weighted by atomic mass is 16.2. The molecule has 0 spiro atoms. The van der Waals surface area contributed by atoms with Gasteiger partial charge in [0.05, 0.1) is 5.69 Å². The molecule has 0 atom stereocenters. The Bertz CT molecular complexity index is 839. The largest absolute Gasteiger partial charge is 0.336 e. The standard InChI is InChI=1S/C22H25N3O2/c1-2-17-7-9-19(10-8-17)22(27)23-13-15-24(16-14-23)25-20-6-4-3-5-18(20)11-12-21(25)26/h3-10H,2,11-16H2,1H3. The number of benzene rings is 2. The normalized spacial score (nSPS) is 17.7. The van der Waals surface area contributed by atoms with Crippen molar-refractivity contribution in [1.82, 2.24) is 9.91 Å². The van der Waals surface area contributed by atoms with Gasteiger partial charge in [0.1, 0.15) is 0 Å². The van der Waals surface area contributed by atoms with Crippen molar-refractivity contribution in [2.45, 2.75) is 26.2 Å². The number of anilines is 1. The van der Waals surface area contributed by atoms with Gasteiger partial charge in [-0.1, -0.05) is 37.3 Å². The third-order valence-electron chi connectivity index (χ3n) is 5.50. The van der Waals surface area contributed by atoms with E-state index in [1.807, 2.05) is 52.4 Å². The van der Waals surface area contributed by atoms with Crippen LogP contribution in [0.3, 0.4) is 0 Å². The molecular weight excluding hydrogens is 338 g/mol. The number of hydrogen-bond donors (Lipinski definition) is 0. The van der Waals surface area contributed by atoms with Crippen LogP contribution in [0.1, 0.15) is 34.8 Å². The molecular formula is C22H25N3O2. The van der Waals surface area contributed by atoms with Gasteiger partial charge >= 0.3 is 0 Å². The second kappa shape index (κ2) is 7.53. The molecule has 140 valence electrons. The minimum Gasteiger partial charge on any atom is -0.336 e. The maximum atomic E-state index is 12.8. The average molecular weight is 363 g/mol. The van der Waals surface area contributed by atoms with E-state index in [4.69, 9.17) is 0 Å². The smallest absolute Gasteiger partial charge is 0.253 e. The molecule has 5 heteroatoms. The van der Waals surface area contributed by atoms with Crippen molar-refractivity contribution in [3.8, 4) is 0 Å². The highest BCUT2D eigenvalue weighted by Gasteiger charge is 2.32. The summed E-state index contributed by atoms with van der Waals surface area (Å²) in [6, 6.07) is 16.0. The van der Waals surface area contributed by atoms with Crippen LogP contribution in [0.2, 0.25) is 0 Å². The van der Waals surface area contributed by atoms with E-state index in [0.29, 0.717) is 32.6 Å². The average Bonchev–Trinajstić information content (AvgIpc) is 2.73. The van der Waals surface area contributed by atoms with Crippen LogP contribution < -0.4 is 5.01 Å². The Balaban J connectivity index is 1.44.